The molecule has 0 aliphatic rings. The van der Waals surface area contributed by atoms with Crippen molar-refractivity contribution in [1.29, 1.82) is 0 Å². The fourth-order valence-corrected chi connectivity index (χ4v) is 2.91. The Morgan fingerprint density at radius 2 is 1.71 bits per heavy atom. The first-order valence-corrected chi connectivity index (χ1v) is 6.88. The third-order valence-electron chi connectivity index (χ3n) is 2.39. The van der Waals surface area contributed by atoms with Crippen molar-refractivity contribution in [2.75, 3.05) is 0 Å². The average Bonchev–Trinajstić information content (AvgIpc) is 2.30. The van der Waals surface area contributed by atoms with Gasteiger partial charge >= 0.3 is 18.1 Å². The van der Waals surface area contributed by atoms with Crippen molar-refractivity contribution in [3.63, 3.8) is 0 Å². The summed E-state index contributed by atoms with van der Waals surface area (Å²) in [6.07, 6.45) is -5.57. The van der Waals surface area contributed by atoms with Crippen LogP contribution >= 0.6 is 31.9 Å². The Balaban J connectivity index is 3.00. The highest BCUT2D eigenvalue weighted by molar-refractivity contribution is 9.11. The lowest BCUT2D eigenvalue weighted by Gasteiger charge is -2.17. The van der Waals surface area contributed by atoms with Crippen molar-refractivity contribution in [3.05, 3.63) is 26.6 Å². The van der Waals surface area contributed by atoms with Gasteiger partial charge < -0.3 is 15.5 Å². The molecule has 21 heavy (non-hydrogen) atoms. The van der Waals surface area contributed by atoms with Crippen molar-refractivity contribution in [3.8, 4) is 5.75 Å². The van der Waals surface area contributed by atoms with Gasteiger partial charge in [0.1, 0.15) is 11.8 Å². The molecule has 10 heteroatoms. The largest absolute Gasteiger partial charge is 0.508 e. The number of aliphatic carboxylic acids is 1. The molecule has 0 aliphatic heterocycles. The van der Waals surface area contributed by atoms with Crippen LogP contribution < -0.4 is 5.32 Å². The normalized spacial score (nSPS) is 12.8. The van der Waals surface area contributed by atoms with Crippen LogP contribution in [0.1, 0.15) is 5.56 Å². The lowest BCUT2D eigenvalue weighted by Crippen LogP contribution is -2.48. The number of carbonyl (C=O) groups is 2. The molecule has 1 aromatic rings. The van der Waals surface area contributed by atoms with Gasteiger partial charge in [0.2, 0.25) is 0 Å². The Morgan fingerprint density at radius 1 is 1.24 bits per heavy atom. The Kier molecular flexibility index (Phi) is 5.62. The molecular weight excluding hydrogens is 427 g/mol. The van der Waals surface area contributed by atoms with Crippen LogP contribution in [0, 0.1) is 0 Å². The SMILES string of the molecule is O=C(O)[C@@H](Cc1c(Br)cc(O)cc1Br)NC(=O)C(F)(F)F. The monoisotopic (exact) mass is 433 g/mol. The number of benzene rings is 1. The van der Waals surface area contributed by atoms with Crippen LogP contribution in [0.25, 0.3) is 0 Å². The lowest BCUT2D eigenvalue weighted by atomic mass is 10.1. The third kappa shape index (κ3) is 4.88. The highest BCUT2D eigenvalue weighted by atomic mass is 79.9. The Morgan fingerprint density at radius 3 is 2.10 bits per heavy atom. The minimum absolute atomic E-state index is 0.122. The van der Waals surface area contributed by atoms with Crippen molar-refractivity contribution < 1.29 is 33.0 Å². The van der Waals surface area contributed by atoms with Crippen LogP contribution in [0.15, 0.2) is 21.1 Å². The van der Waals surface area contributed by atoms with Gasteiger partial charge in [0.05, 0.1) is 0 Å². The quantitative estimate of drug-likeness (QED) is 0.679. The summed E-state index contributed by atoms with van der Waals surface area (Å²) in [5.74, 6) is -4.07. The van der Waals surface area contributed by atoms with E-state index in [4.69, 9.17) is 5.11 Å². The number of rotatable bonds is 4. The molecule has 1 aromatic carbocycles. The number of carboxylic acid groups (broad SMARTS) is 1. The zero-order chi connectivity index (χ0) is 16.4. The fourth-order valence-electron chi connectivity index (χ4n) is 1.43. The number of amides is 1. The maximum atomic E-state index is 12.2. The summed E-state index contributed by atoms with van der Waals surface area (Å²) < 4.78 is 37.1. The van der Waals surface area contributed by atoms with E-state index in [0.717, 1.165) is 0 Å². The molecule has 0 radical (unpaired) electrons. The molecule has 0 bridgehead atoms. The van der Waals surface area contributed by atoms with E-state index in [1.54, 1.807) is 0 Å². The first kappa shape index (κ1) is 17.8. The topological polar surface area (TPSA) is 86.6 Å². The molecule has 0 unspecified atom stereocenters. The number of hydrogen-bond acceptors (Lipinski definition) is 3. The van der Waals surface area contributed by atoms with Gasteiger partial charge in [0.15, 0.2) is 0 Å². The van der Waals surface area contributed by atoms with Gasteiger partial charge in [0, 0.05) is 15.4 Å². The Bertz CT molecular complexity index is 554. The maximum Gasteiger partial charge on any atom is 0.471 e. The van der Waals surface area contributed by atoms with Gasteiger partial charge in [0.25, 0.3) is 0 Å². The second kappa shape index (κ2) is 6.65. The first-order valence-electron chi connectivity index (χ1n) is 5.29. The number of halogens is 5. The number of carboxylic acids is 1. The zero-order valence-electron chi connectivity index (χ0n) is 10.0. The molecule has 3 N–H and O–H groups in total. The second-order valence-electron chi connectivity index (χ2n) is 3.95. The number of nitrogens with one attached hydrogen (secondary N) is 1. The second-order valence-corrected chi connectivity index (χ2v) is 5.66. The molecule has 1 amide bonds. The van der Waals surface area contributed by atoms with E-state index >= 15 is 0 Å². The molecule has 0 saturated heterocycles. The smallest absolute Gasteiger partial charge is 0.471 e. The van der Waals surface area contributed by atoms with Crippen molar-refractivity contribution >= 4 is 43.7 Å². The van der Waals surface area contributed by atoms with Gasteiger partial charge in [-0.2, -0.15) is 13.2 Å². The van der Waals surface area contributed by atoms with E-state index in [0.29, 0.717) is 14.5 Å². The van der Waals surface area contributed by atoms with E-state index in [1.165, 1.54) is 17.4 Å². The van der Waals surface area contributed by atoms with Crippen LogP contribution in [0.5, 0.6) is 5.75 Å². The molecule has 5 nitrogen and oxygen atoms in total. The van der Waals surface area contributed by atoms with Crippen molar-refractivity contribution in [1.82, 2.24) is 5.32 Å². The van der Waals surface area contributed by atoms with Crippen molar-refractivity contribution in [2.24, 2.45) is 0 Å². The van der Waals surface area contributed by atoms with Crippen LogP contribution in [-0.2, 0) is 16.0 Å². The minimum Gasteiger partial charge on any atom is -0.508 e. The predicted octanol–water partition coefficient (Wildman–Crippen LogP) is 2.59. The maximum absolute atomic E-state index is 12.2. The molecular formula is C11H8Br2F3NO4. The number of hydrogen-bond donors (Lipinski definition) is 3. The van der Waals surface area contributed by atoms with Crippen LogP contribution in [0.4, 0.5) is 13.2 Å². The number of phenolic OH excluding ortho intramolecular Hbond substituents is 1. The molecule has 0 saturated carbocycles. The molecule has 0 heterocycles. The molecule has 116 valence electrons. The van der Waals surface area contributed by atoms with Gasteiger partial charge in [-0.25, -0.2) is 4.79 Å². The zero-order valence-corrected chi connectivity index (χ0v) is 13.2. The average molecular weight is 435 g/mol. The molecule has 1 rings (SSSR count). The molecule has 0 aromatic heterocycles. The van der Waals surface area contributed by atoms with Crippen LogP contribution in [-0.4, -0.2) is 34.3 Å². The summed E-state index contributed by atoms with van der Waals surface area (Å²) in [5, 5.41) is 19.6. The standard InChI is InChI=1S/C11H8Br2F3NO4/c12-6-1-4(18)2-7(13)5(6)3-8(9(19)20)17-10(21)11(14,15)16/h1-2,8,18H,3H2,(H,17,21)(H,19,20)/t8-/m1/s1. The van der Waals surface area contributed by atoms with Crippen molar-refractivity contribution in [2.45, 2.75) is 18.6 Å². The van der Waals surface area contributed by atoms with Crippen LogP contribution in [0.3, 0.4) is 0 Å². The molecule has 0 fully saturated rings. The third-order valence-corrected chi connectivity index (χ3v) is 3.81. The lowest BCUT2D eigenvalue weighted by molar-refractivity contribution is -0.175. The number of aromatic hydroxyl groups is 1. The summed E-state index contributed by atoms with van der Waals surface area (Å²) in [5.41, 5.74) is 0.294. The highest BCUT2D eigenvalue weighted by Crippen LogP contribution is 2.31. The van der Waals surface area contributed by atoms with E-state index in [1.807, 2.05) is 0 Å². The summed E-state index contributed by atoms with van der Waals surface area (Å²) in [4.78, 5) is 21.8. The summed E-state index contributed by atoms with van der Waals surface area (Å²) >= 11 is 6.13. The van der Waals surface area contributed by atoms with Gasteiger partial charge in [-0.05, 0) is 17.7 Å². The molecule has 0 spiro atoms. The van der Waals surface area contributed by atoms with E-state index in [2.05, 4.69) is 31.9 Å². The van der Waals surface area contributed by atoms with Gasteiger partial charge in [-0.1, -0.05) is 31.9 Å². The van der Waals surface area contributed by atoms with Gasteiger partial charge in [-0.3, -0.25) is 4.79 Å². The minimum atomic E-state index is -5.17. The van der Waals surface area contributed by atoms with E-state index < -0.39 is 30.5 Å². The highest BCUT2D eigenvalue weighted by Gasteiger charge is 2.41. The molecule has 1 atom stereocenters. The van der Waals surface area contributed by atoms with Gasteiger partial charge in [-0.15, -0.1) is 0 Å². The summed E-state index contributed by atoms with van der Waals surface area (Å²) in [7, 11) is 0. The Hall–Kier alpha value is -1.29. The van der Waals surface area contributed by atoms with Crippen LogP contribution in [0.2, 0.25) is 0 Å². The fraction of sp³-hybridized carbons (Fsp3) is 0.273. The number of alkyl halides is 3. The van der Waals surface area contributed by atoms with E-state index in [9.17, 15) is 27.9 Å². The first-order chi connectivity index (χ1) is 9.52. The number of carbonyl (C=O) groups excluding carboxylic acids is 1. The summed E-state index contributed by atoms with van der Waals surface area (Å²) in [6.45, 7) is 0. The Labute approximate surface area is 133 Å². The number of phenols is 1. The summed E-state index contributed by atoms with van der Waals surface area (Å²) in [6, 6.07) is 0.742. The predicted molar refractivity (Wildman–Crippen MR) is 72.8 cm³/mol. The van der Waals surface area contributed by atoms with E-state index in [-0.39, 0.29) is 5.75 Å². The molecule has 0 aliphatic carbocycles.